The van der Waals surface area contributed by atoms with Gasteiger partial charge in [-0.1, -0.05) is 54.6 Å². The maximum atomic E-state index is 13.5. The van der Waals surface area contributed by atoms with Crippen LogP contribution in [-0.4, -0.2) is 32.9 Å². The summed E-state index contributed by atoms with van der Waals surface area (Å²) in [5.41, 5.74) is 7.35. The second kappa shape index (κ2) is 9.96. The zero-order valence-corrected chi connectivity index (χ0v) is 20.4. The predicted octanol–water partition coefficient (Wildman–Crippen LogP) is 7.36. The normalized spacial score (nSPS) is 14.6. The molecule has 5 aromatic rings. The number of nitrogens with zero attached hydrogens (tertiary/aromatic N) is 4. The molecule has 1 aliphatic rings. The number of piperidine rings is 1. The maximum absolute atomic E-state index is 13.5. The summed E-state index contributed by atoms with van der Waals surface area (Å²) < 4.78 is 13.5. The molecule has 6 rings (SSSR count). The molecule has 1 aliphatic heterocycles. The van der Waals surface area contributed by atoms with Crippen LogP contribution in [0.1, 0.15) is 30.1 Å². The number of fused-ring (bicyclic) bond motifs is 1. The molecular formula is C31H26FN5. The summed E-state index contributed by atoms with van der Waals surface area (Å²) in [4.78, 5) is 18.7. The van der Waals surface area contributed by atoms with Crippen LogP contribution in [0.15, 0.2) is 85.1 Å². The molecule has 3 heterocycles. The highest BCUT2D eigenvalue weighted by Crippen LogP contribution is 2.34. The number of pyridine rings is 1. The lowest BCUT2D eigenvalue weighted by Crippen LogP contribution is -2.32. The van der Waals surface area contributed by atoms with Gasteiger partial charge in [0.2, 0.25) is 5.69 Å². The van der Waals surface area contributed by atoms with E-state index >= 15 is 0 Å². The number of likely N-dealkylation sites (tertiary alicyclic amines) is 1. The molecule has 0 spiro atoms. The van der Waals surface area contributed by atoms with Gasteiger partial charge in [-0.3, -0.25) is 9.88 Å². The Bertz CT molecular complexity index is 1580. The fraction of sp³-hybridized carbons (Fsp3) is 0.194. The minimum Gasteiger partial charge on any atom is -0.342 e. The summed E-state index contributed by atoms with van der Waals surface area (Å²) >= 11 is 0. The number of rotatable bonds is 5. The number of H-pyrrole nitrogens is 1. The molecule has 1 N–H and O–H groups in total. The summed E-state index contributed by atoms with van der Waals surface area (Å²) in [5, 5.41) is 0. The Balaban J connectivity index is 1.14. The van der Waals surface area contributed by atoms with E-state index in [-0.39, 0.29) is 5.82 Å². The Morgan fingerprint density at radius 3 is 2.49 bits per heavy atom. The van der Waals surface area contributed by atoms with E-state index in [4.69, 9.17) is 11.6 Å². The second-order valence-corrected chi connectivity index (χ2v) is 9.60. The van der Waals surface area contributed by atoms with Crippen molar-refractivity contribution in [2.24, 2.45) is 0 Å². The number of nitrogens with one attached hydrogen (secondary N) is 1. The largest absolute Gasteiger partial charge is 0.342 e. The molecule has 0 radical (unpaired) electrons. The molecule has 1 saturated heterocycles. The first-order valence-corrected chi connectivity index (χ1v) is 12.6. The number of benzene rings is 3. The number of aromatic amines is 1. The Kier molecular flexibility index (Phi) is 6.21. The third-order valence-corrected chi connectivity index (χ3v) is 7.16. The molecule has 0 saturated carbocycles. The average Bonchev–Trinajstić information content (AvgIpc) is 3.37. The Morgan fingerprint density at radius 1 is 0.946 bits per heavy atom. The molecular weight excluding hydrogens is 461 g/mol. The van der Waals surface area contributed by atoms with E-state index in [9.17, 15) is 4.39 Å². The monoisotopic (exact) mass is 487 g/mol. The van der Waals surface area contributed by atoms with E-state index in [2.05, 4.69) is 56.1 Å². The first-order valence-electron chi connectivity index (χ1n) is 12.6. The molecule has 0 unspecified atom stereocenters. The van der Waals surface area contributed by atoms with Crippen molar-refractivity contribution in [3.05, 3.63) is 114 Å². The Hall–Kier alpha value is -4.34. The van der Waals surface area contributed by atoms with E-state index in [1.807, 2.05) is 24.3 Å². The third kappa shape index (κ3) is 4.87. The van der Waals surface area contributed by atoms with Crippen LogP contribution in [0.4, 0.5) is 10.1 Å². The molecule has 1 fully saturated rings. The van der Waals surface area contributed by atoms with Gasteiger partial charge < -0.3 is 4.98 Å². The van der Waals surface area contributed by atoms with Crippen LogP contribution in [0.5, 0.6) is 0 Å². The first-order chi connectivity index (χ1) is 18.2. The van der Waals surface area contributed by atoms with Crippen molar-refractivity contribution in [2.75, 3.05) is 13.1 Å². The highest BCUT2D eigenvalue weighted by molar-refractivity contribution is 5.83. The molecule has 37 heavy (non-hydrogen) atoms. The van der Waals surface area contributed by atoms with Gasteiger partial charge >= 0.3 is 0 Å². The number of halogens is 1. The van der Waals surface area contributed by atoms with Gasteiger partial charge in [-0.25, -0.2) is 14.2 Å². The van der Waals surface area contributed by atoms with Crippen molar-refractivity contribution in [1.82, 2.24) is 19.9 Å². The Labute approximate surface area is 215 Å². The van der Waals surface area contributed by atoms with E-state index < -0.39 is 0 Å². The van der Waals surface area contributed by atoms with Crippen molar-refractivity contribution in [3.8, 4) is 22.4 Å². The minimum atomic E-state index is -0.240. The highest BCUT2D eigenvalue weighted by atomic mass is 19.1. The molecule has 3 aromatic carbocycles. The lowest BCUT2D eigenvalue weighted by Gasteiger charge is -2.31. The van der Waals surface area contributed by atoms with Crippen LogP contribution < -0.4 is 0 Å². The van der Waals surface area contributed by atoms with Crippen molar-refractivity contribution < 1.29 is 4.39 Å². The van der Waals surface area contributed by atoms with E-state index in [1.165, 1.54) is 17.7 Å². The SMILES string of the molecule is [C-]#[N+]c1cnc(-c2ccc(CN3CCC(c4nc5ccc(F)cc5[nH]4)CC3)cc2)c(-c2ccccc2)c1. The van der Waals surface area contributed by atoms with E-state index in [0.29, 0.717) is 11.6 Å². The molecule has 2 aromatic heterocycles. The maximum Gasteiger partial charge on any atom is 0.205 e. The predicted molar refractivity (Wildman–Crippen MR) is 145 cm³/mol. The quantitative estimate of drug-likeness (QED) is 0.264. The summed E-state index contributed by atoms with van der Waals surface area (Å²) in [6, 6.07) is 25.3. The summed E-state index contributed by atoms with van der Waals surface area (Å²) in [6.45, 7) is 10.3. The van der Waals surface area contributed by atoms with Crippen LogP contribution in [-0.2, 0) is 6.54 Å². The van der Waals surface area contributed by atoms with Crippen LogP contribution in [0, 0.1) is 12.4 Å². The van der Waals surface area contributed by atoms with Crippen molar-refractivity contribution >= 4 is 16.7 Å². The molecule has 182 valence electrons. The fourth-order valence-corrected chi connectivity index (χ4v) is 5.17. The van der Waals surface area contributed by atoms with Crippen LogP contribution in [0.2, 0.25) is 0 Å². The zero-order chi connectivity index (χ0) is 25.2. The third-order valence-electron chi connectivity index (χ3n) is 7.16. The number of imidazole rings is 1. The van der Waals surface area contributed by atoms with Crippen molar-refractivity contribution in [2.45, 2.75) is 25.3 Å². The second-order valence-electron chi connectivity index (χ2n) is 9.60. The van der Waals surface area contributed by atoms with Crippen LogP contribution in [0.25, 0.3) is 38.3 Å². The average molecular weight is 488 g/mol. The Morgan fingerprint density at radius 2 is 1.73 bits per heavy atom. The van der Waals surface area contributed by atoms with Gasteiger partial charge in [0, 0.05) is 24.2 Å². The van der Waals surface area contributed by atoms with Gasteiger partial charge in [0.05, 0.1) is 23.3 Å². The minimum absolute atomic E-state index is 0.240. The van der Waals surface area contributed by atoms with Gasteiger partial charge in [-0.05, 0) is 66.9 Å². The molecule has 5 nitrogen and oxygen atoms in total. The van der Waals surface area contributed by atoms with Gasteiger partial charge in [0.25, 0.3) is 0 Å². The fourth-order valence-electron chi connectivity index (χ4n) is 5.17. The molecule has 0 atom stereocenters. The summed E-state index contributed by atoms with van der Waals surface area (Å²) in [7, 11) is 0. The van der Waals surface area contributed by atoms with Crippen LogP contribution in [0.3, 0.4) is 0 Å². The molecule has 6 heteroatoms. The van der Waals surface area contributed by atoms with E-state index in [0.717, 1.165) is 71.7 Å². The molecule has 0 amide bonds. The lowest BCUT2D eigenvalue weighted by molar-refractivity contribution is 0.202. The molecule has 0 aliphatic carbocycles. The van der Waals surface area contributed by atoms with E-state index in [1.54, 1.807) is 12.3 Å². The van der Waals surface area contributed by atoms with Crippen molar-refractivity contribution in [3.63, 3.8) is 0 Å². The highest BCUT2D eigenvalue weighted by Gasteiger charge is 2.23. The van der Waals surface area contributed by atoms with Crippen LogP contribution >= 0.6 is 0 Å². The smallest absolute Gasteiger partial charge is 0.205 e. The lowest BCUT2D eigenvalue weighted by atomic mass is 9.95. The molecule has 0 bridgehead atoms. The van der Waals surface area contributed by atoms with Gasteiger partial charge in [0.15, 0.2) is 0 Å². The topological polar surface area (TPSA) is 49.2 Å². The number of hydrogen-bond acceptors (Lipinski definition) is 3. The van der Waals surface area contributed by atoms with Crippen molar-refractivity contribution in [1.29, 1.82) is 0 Å². The summed E-state index contributed by atoms with van der Waals surface area (Å²) in [5.74, 6) is 1.10. The number of hydrogen-bond donors (Lipinski definition) is 1. The standard InChI is InChI=1S/C31H26FN5/c1-33-26-18-27(22-5-3-2-4-6-22)30(34-19-26)23-9-7-21(8-10-23)20-37-15-13-24(14-16-37)31-35-28-12-11-25(32)17-29(28)36-31/h2-12,17-19,24H,13-16,20H2,(H,35,36). The summed E-state index contributed by atoms with van der Waals surface area (Å²) in [6.07, 6.45) is 3.70. The van der Waals surface area contributed by atoms with Gasteiger partial charge in [0.1, 0.15) is 11.6 Å². The zero-order valence-electron chi connectivity index (χ0n) is 20.4. The first kappa shape index (κ1) is 23.1. The van der Waals surface area contributed by atoms with Gasteiger partial charge in [-0.2, -0.15) is 0 Å². The van der Waals surface area contributed by atoms with Gasteiger partial charge in [-0.15, -0.1) is 0 Å². The number of aromatic nitrogens is 3.